The Morgan fingerprint density at radius 2 is 1.60 bits per heavy atom. The van der Waals surface area contributed by atoms with Gasteiger partial charge in [-0.05, 0) is 24.7 Å². The molecule has 1 saturated carbocycles. The molecule has 60 valence electrons. The average Bonchev–Trinajstić information content (AvgIpc) is 1.82. The third-order valence-corrected chi connectivity index (χ3v) is 2.78. The lowest BCUT2D eigenvalue weighted by Crippen LogP contribution is -2.34. The lowest BCUT2D eigenvalue weighted by atomic mass is 9.80. The van der Waals surface area contributed by atoms with Crippen molar-refractivity contribution in [3.8, 4) is 0 Å². The Morgan fingerprint density at radius 3 is 2.00 bits per heavy atom. The number of rotatable bonds is 0. The van der Waals surface area contributed by atoms with Crippen LogP contribution in [-0.2, 0) is 0 Å². The number of alkyl halides is 1. The van der Waals surface area contributed by atoms with E-state index in [-0.39, 0.29) is 11.5 Å². The van der Waals surface area contributed by atoms with Crippen LogP contribution in [-0.4, -0.2) is 16.6 Å². The monoisotopic (exact) mass is 162 g/mol. The van der Waals surface area contributed by atoms with Crippen LogP contribution in [0.5, 0.6) is 0 Å². The molecule has 1 aliphatic carbocycles. The lowest BCUT2D eigenvalue weighted by Gasteiger charge is -2.33. The van der Waals surface area contributed by atoms with Crippen LogP contribution in [0.4, 0.5) is 0 Å². The zero-order chi connectivity index (χ0) is 7.72. The molecule has 0 amide bonds. The third kappa shape index (κ3) is 1.64. The van der Waals surface area contributed by atoms with Crippen LogP contribution in [0.3, 0.4) is 0 Å². The van der Waals surface area contributed by atoms with E-state index >= 15 is 0 Å². The molecule has 0 aliphatic heterocycles. The molecule has 1 nitrogen and oxygen atoms in total. The van der Waals surface area contributed by atoms with E-state index in [1.165, 1.54) is 0 Å². The van der Waals surface area contributed by atoms with Crippen molar-refractivity contribution in [2.75, 3.05) is 0 Å². The first-order valence-electron chi connectivity index (χ1n) is 3.93. The fourth-order valence-electron chi connectivity index (χ4n) is 1.74. The molecule has 0 spiro atoms. The average molecular weight is 163 g/mol. The van der Waals surface area contributed by atoms with Crippen LogP contribution in [0.2, 0.25) is 0 Å². The van der Waals surface area contributed by atoms with E-state index in [0.29, 0.717) is 11.8 Å². The summed E-state index contributed by atoms with van der Waals surface area (Å²) in [6.07, 6.45) is 1.80. The predicted octanol–water partition coefficient (Wildman–Crippen LogP) is 2.02. The molecule has 1 aliphatic rings. The smallest absolute Gasteiger partial charge is 0.0592 e. The van der Waals surface area contributed by atoms with Crippen LogP contribution in [0.15, 0.2) is 0 Å². The molecule has 2 atom stereocenters. The van der Waals surface area contributed by atoms with Crippen molar-refractivity contribution >= 4 is 11.6 Å². The second-order valence-electron chi connectivity index (χ2n) is 3.51. The van der Waals surface area contributed by atoms with E-state index in [1.807, 2.05) is 0 Å². The second-order valence-corrected chi connectivity index (χ2v) is 4.13. The number of hydrogen-bond acceptors (Lipinski definition) is 1. The minimum absolute atomic E-state index is 0.130. The molecule has 1 fully saturated rings. The molecule has 10 heavy (non-hydrogen) atoms. The van der Waals surface area contributed by atoms with E-state index in [2.05, 4.69) is 13.8 Å². The first-order chi connectivity index (χ1) is 4.61. The summed E-state index contributed by atoms with van der Waals surface area (Å²) in [6.45, 7) is 4.13. The van der Waals surface area contributed by atoms with E-state index in [9.17, 15) is 5.11 Å². The van der Waals surface area contributed by atoms with Gasteiger partial charge in [0.25, 0.3) is 0 Å². The van der Waals surface area contributed by atoms with Crippen LogP contribution in [0.25, 0.3) is 0 Å². The quantitative estimate of drug-likeness (QED) is 0.541. The first-order valence-corrected chi connectivity index (χ1v) is 4.37. The highest BCUT2D eigenvalue weighted by Gasteiger charge is 2.30. The number of aliphatic hydroxyl groups excluding tert-OH is 1. The molecule has 0 saturated heterocycles. The van der Waals surface area contributed by atoms with Gasteiger partial charge in [-0.25, -0.2) is 0 Å². The Morgan fingerprint density at radius 1 is 1.20 bits per heavy atom. The number of hydrogen-bond donors (Lipinski definition) is 1. The van der Waals surface area contributed by atoms with Gasteiger partial charge in [-0.15, -0.1) is 11.6 Å². The van der Waals surface area contributed by atoms with Crippen LogP contribution in [0, 0.1) is 11.8 Å². The molecule has 0 bridgehead atoms. The normalized spacial score (nSPS) is 49.2. The summed E-state index contributed by atoms with van der Waals surface area (Å²) in [5, 5.41) is 9.79. The van der Waals surface area contributed by atoms with Gasteiger partial charge in [-0.3, -0.25) is 0 Å². The topological polar surface area (TPSA) is 20.2 Å². The Bertz CT molecular complexity index is 104. The van der Waals surface area contributed by atoms with Gasteiger partial charge in [0.05, 0.1) is 6.10 Å². The van der Waals surface area contributed by atoms with Crippen molar-refractivity contribution in [2.45, 2.75) is 38.2 Å². The summed E-state index contributed by atoms with van der Waals surface area (Å²) in [6, 6.07) is 0. The first kappa shape index (κ1) is 8.35. The summed E-state index contributed by atoms with van der Waals surface area (Å²) in [5.74, 6) is 0.762. The molecule has 0 aromatic carbocycles. The van der Waals surface area contributed by atoms with Crippen molar-refractivity contribution < 1.29 is 5.11 Å². The van der Waals surface area contributed by atoms with Crippen molar-refractivity contribution in [2.24, 2.45) is 11.8 Å². The van der Waals surface area contributed by atoms with Crippen molar-refractivity contribution in [1.29, 1.82) is 0 Å². The Hall–Kier alpha value is 0.250. The maximum absolute atomic E-state index is 9.51. The number of aliphatic hydroxyl groups is 1. The highest BCUT2D eigenvalue weighted by Crippen LogP contribution is 2.31. The van der Waals surface area contributed by atoms with Crippen molar-refractivity contribution in [3.63, 3.8) is 0 Å². The van der Waals surface area contributed by atoms with Gasteiger partial charge in [0.1, 0.15) is 0 Å². The maximum Gasteiger partial charge on any atom is 0.0592 e. The summed E-state index contributed by atoms with van der Waals surface area (Å²) >= 11 is 5.96. The Kier molecular flexibility index (Phi) is 2.59. The minimum Gasteiger partial charge on any atom is -0.393 e. The van der Waals surface area contributed by atoms with Crippen LogP contribution in [0.1, 0.15) is 26.7 Å². The molecule has 0 radical (unpaired) electrons. The summed E-state index contributed by atoms with van der Waals surface area (Å²) in [7, 11) is 0. The molecular formula is C8H15ClO. The summed E-state index contributed by atoms with van der Waals surface area (Å²) in [4.78, 5) is 0. The fraction of sp³-hybridized carbons (Fsp3) is 1.00. The molecule has 0 aromatic heterocycles. The van der Waals surface area contributed by atoms with Gasteiger partial charge >= 0.3 is 0 Å². The minimum atomic E-state index is -0.130. The van der Waals surface area contributed by atoms with Crippen LogP contribution < -0.4 is 0 Å². The van der Waals surface area contributed by atoms with E-state index < -0.39 is 0 Å². The van der Waals surface area contributed by atoms with Gasteiger partial charge in [-0.1, -0.05) is 13.8 Å². The van der Waals surface area contributed by atoms with Gasteiger partial charge in [0.15, 0.2) is 0 Å². The summed E-state index contributed by atoms with van der Waals surface area (Å²) in [5.41, 5.74) is 0. The van der Waals surface area contributed by atoms with Gasteiger partial charge in [0.2, 0.25) is 0 Å². The SMILES string of the molecule is CC1CC(Cl)CC(C)C1O. The van der Waals surface area contributed by atoms with Crippen LogP contribution >= 0.6 is 11.6 Å². The molecule has 1 N–H and O–H groups in total. The molecule has 2 heteroatoms. The highest BCUT2D eigenvalue weighted by atomic mass is 35.5. The fourth-order valence-corrected chi connectivity index (χ4v) is 2.30. The van der Waals surface area contributed by atoms with Gasteiger partial charge in [0, 0.05) is 5.38 Å². The lowest BCUT2D eigenvalue weighted by molar-refractivity contribution is 0.0349. The largest absolute Gasteiger partial charge is 0.393 e. The van der Waals surface area contributed by atoms with Crippen molar-refractivity contribution in [1.82, 2.24) is 0 Å². The molecular weight excluding hydrogens is 148 g/mol. The zero-order valence-corrected chi connectivity index (χ0v) is 7.30. The molecule has 0 heterocycles. The second kappa shape index (κ2) is 3.10. The van der Waals surface area contributed by atoms with E-state index in [1.54, 1.807) is 0 Å². The number of halogens is 1. The van der Waals surface area contributed by atoms with Gasteiger partial charge < -0.3 is 5.11 Å². The molecule has 0 aromatic rings. The Balaban J connectivity index is 2.49. The third-order valence-electron chi connectivity index (χ3n) is 2.42. The Labute approximate surface area is 67.4 Å². The maximum atomic E-state index is 9.51. The predicted molar refractivity (Wildman–Crippen MR) is 43.2 cm³/mol. The molecule has 1 rings (SSSR count). The van der Waals surface area contributed by atoms with Crippen molar-refractivity contribution in [3.05, 3.63) is 0 Å². The van der Waals surface area contributed by atoms with Gasteiger partial charge in [-0.2, -0.15) is 0 Å². The standard InChI is InChI=1S/C8H15ClO/c1-5-3-7(9)4-6(2)8(5)10/h5-8,10H,3-4H2,1-2H3. The van der Waals surface area contributed by atoms with E-state index in [0.717, 1.165) is 12.8 Å². The zero-order valence-electron chi connectivity index (χ0n) is 6.55. The summed E-state index contributed by atoms with van der Waals surface area (Å²) < 4.78 is 0. The highest BCUT2D eigenvalue weighted by molar-refractivity contribution is 6.20. The van der Waals surface area contributed by atoms with E-state index in [4.69, 9.17) is 11.6 Å². The molecule has 2 unspecified atom stereocenters.